The van der Waals surface area contributed by atoms with E-state index in [0.29, 0.717) is 6.54 Å². The zero-order chi connectivity index (χ0) is 14.5. The summed E-state index contributed by atoms with van der Waals surface area (Å²) in [5.74, 6) is 0.827. The zero-order valence-corrected chi connectivity index (χ0v) is 13.3. The summed E-state index contributed by atoms with van der Waals surface area (Å²) in [6.45, 7) is 2.57. The predicted molar refractivity (Wildman–Crippen MR) is 87.3 cm³/mol. The number of hydrogen-bond acceptors (Lipinski definition) is 3. The van der Waals surface area contributed by atoms with Crippen LogP contribution in [0.1, 0.15) is 17.2 Å². The van der Waals surface area contributed by atoms with Gasteiger partial charge in [0.2, 0.25) is 0 Å². The number of anilines is 1. The number of hydrogen-bond donors (Lipinski definition) is 2. The van der Waals surface area contributed by atoms with E-state index in [1.54, 1.807) is 7.11 Å². The van der Waals surface area contributed by atoms with Gasteiger partial charge in [-0.3, -0.25) is 0 Å². The monoisotopic (exact) mass is 334 g/mol. The molecule has 2 aromatic rings. The third-order valence-electron chi connectivity index (χ3n) is 3.17. The molecule has 20 heavy (non-hydrogen) atoms. The molecule has 3 nitrogen and oxygen atoms in total. The standard InChI is InChI=1S/C16H19BrN2O/c1-11-4-3-5-12(8-11)19-16(10-18)14-9-13(20-2)6-7-15(14)17/h3-9,16,19H,10,18H2,1-2H3. The minimum Gasteiger partial charge on any atom is -0.497 e. The third-order valence-corrected chi connectivity index (χ3v) is 3.90. The highest BCUT2D eigenvalue weighted by Crippen LogP contribution is 2.29. The fraction of sp³-hybridized carbons (Fsp3) is 0.250. The van der Waals surface area contributed by atoms with E-state index >= 15 is 0 Å². The number of methoxy groups -OCH3 is 1. The summed E-state index contributed by atoms with van der Waals surface area (Å²) in [4.78, 5) is 0. The molecular weight excluding hydrogens is 316 g/mol. The average Bonchev–Trinajstić information content (AvgIpc) is 2.46. The summed E-state index contributed by atoms with van der Waals surface area (Å²) in [5, 5.41) is 3.47. The topological polar surface area (TPSA) is 47.3 Å². The van der Waals surface area contributed by atoms with Crippen molar-refractivity contribution in [1.29, 1.82) is 0 Å². The van der Waals surface area contributed by atoms with Crippen LogP contribution in [-0.4, -0.2) is 13.7 Å². The van der Waals surface area contributed by atoms with Gasteiger partial charge in [-0.2, -0.15) is 0 Å². The first-order valence-electron chi connectivity index (χ1n) is 6.50. The maximum atomic E-state index is 5.93. The number of nitrogens with one attached hydrogen (secondary N) is 1. The molecule has 3 N–H and O–H groups in total. The molecule has 0 aromatic heterocycles. The lowest BCUT2D eigenvalue weighted by atomic mass is 10.1. The van der Waals surface area contributed by atoms with Crippen LogP contribution in [0, 0.1) is 6.92 Å². The maximum absolute atomic E-state index is 5.93. The van der Waals surface area contributed by atoms with Crippen molar-refractivity contribution in [2.24, 2.45) is 5.73 Å². The van der Waals surface area contributed by atoms with Gasteiger partial charge in [-0.25, -0.2) is 0 Å². The molecule has 0 aliphatic carbocycles. The van der Waals surface area contributed by atoms with E-state index < -0.39 is 0 Å². The van der Waals surface area contributed by atoms with E-state index in [0.717, 1.165) is 21.5 Å². The smallest absolute Gasteiger partial charge is 0.119 e. The van der Waals surface area contributed by atoms with Gasteiger partial charge >= 0.3 is 0 Å². The van der Waals surface area contributed by atoms with Gasteiger partial charge in [-0.05, 0) is 48.4 Å². The van der Waals surface area contributed by atoms with Gasteiger partial charge in [0.05, 0.1) is 13.2 Å². The van der Waals surface area contributed by atoms with Crippen molar-refractivity contribution >= 4 is 21.6 Å². The van der Waals surface area contributed by atoms with E-state index in [4.69, 9.17) is 10.5 Å². The van der Waals surface area contributed by atoms with Crippen LogP contribution in [0.2, 0.25) is 0 Å². The summed E-state index contributed by atoms with van der Waals surface area (Å²) in [7, 11) is 1.67. The number of benzene rings is 2. The minimum atomic E-state index is 0.0290. The molecule has 0 saturated carbocycles. The lowest BCUT2D eigenvalue weighted by Crippen LogP contribution is -2.21. The van der Waals surface area contributed by atoms with E-state index in [1.807, 2.05) is 30.3 Å². The highest BCUT2D eigenvalue weighted by molar-refractivity contribution is 9.10. The zero-order valence-electron chi connectivity index (χ0n) is 11.7. The molecule has 0 saturated heterocycles. The van der Waals surface area contributed by atoms with Gasteiger partial charge < -0.3 is 15.8 Å². The van der Waals surface area contributed by atoms with Crippen LogP contribution in [0.3, 0.4) is 0 Å². The maximum Gasteiger partial charge on any atom is 0.119 e. The fourth-order valence-electron chi connectivity index (χ4n) is 2.12. The number of aryl methyl sites for hydroxylation is 1. The molecule has 106 valence electrons. The summed E-state index contributed by atoms with van der Waals surface area (Å²) in [5.41, 5.74) is 9.30. The molecule has 0 fully saturated rings. The molecule has 2 rings (SSSR count). The van der Waals surface area contributed by atoms with Crippen molar-refractivity contribution in [3.63, 3.8) is 0 Å². The molecule has 4 heteroatoms. The molecule has 0 heterocycles. The van der Waals surface area contributed by atoms with Gasteiger partial charge in [-0.15, -0.1) is 0 Å². The lowest BCUT2D eigenvalue weighted by Gasteiger charge is -2.21. The Morgan fingerprint density at radius 2 is 2.05 bits per heavy atom. The Morgan fingerprint density at radius 3 is 2.70 bits per heavy atom. The SMILES string of the molecule is COc1ccc(Br)c(C(CN)Nc2cccc(C)c2)c1. The minimum absolute atomic E-state index is 0.0290. The average molecular weight is 335 g/mol. The fourth-order valence-corrected chi connectivity index (χ4v) is 2.64. The summed E-state index contributed by atoms with van der Waals surface area (Å²) >= 11 is 3.58. The van der Waals surface area contributed by atoms with Crippen LogP contribution < -0.4 is 15.8 Å². The Hall–Kier alpha value is -1.52. The molecule has 1 unspecified atom stereocenters. The van der Waals surface area contributed by atoms with Crippen LogP contribution in [0.25, 0.3) is 0 Å². The molecule has 0 aliphatic heterocycles. The normalized spacial score (nSPS) is 12.0. The quantitative estimate of drug-likeness (QED) is 0.872. The Balaban J connectivity index is 2.28. The molecule has 0 bridgehead atoms. The van der Waals surface area contributed by atoms with Crippen LogP contribution in [0.15, 0.2) is 46.9 Å². The summed E-state index contributed by atoms with van der Waals surface area (Å²) in [6, 6.07) is 14.2. The van der Waals surface area contributed by atoms with Gasteiger partial charge in [0, 0.05) is 16.7 Å². The second kappa shape index (κ2) is 6.77. The van der Waals surface area contributed by atoms with Crippen LogP contribution >= 0.6 is 15.9 Å². The summed E-state index contributed by atoms with van der Waals surface area (Å²) < 4.78 is 6.31. The molecule has 0 amide bonds. The first kappa shape index (κ1) is 14.9. The number of ether oxygens (including phenoxy) is 1. The van der Waals surface area contributed by atoms with Crippen molar-refractivity contribution in [3.8, 4) is 5.75 Å². The van der Waals surface area contributed by atoms with E-state index in [2.05, 4.69) is 40.3 Å². The Morgan fingerprint density at radius 1 is 1.25 bits per heavy atom. The highest BCUT2D eigenvalue weighted by atomic mass is 79.9. The number of halogens is 1. The highest BCUT2D eigenvalue weighted by Gasteiger charge is 2.14. The van der Waals surface area contributed by atoms with Crippen molar-refractivity contribution in [2.75, 3.05) is 19.0 Å². The molecule has 0 spiro atoms. The van der Waals surface area contributed by atoms with Crippen molar-refractivity contribution < 1.29 is 4.74 Å². The van der Waals surface area contributed by atoms with Gasteiger partial charge in [-0.1, -0.05) is 28.1 Å². The number of nitrogens with two attached hydrogens (primary N) is 1. The molecular formula is C16H19BrN2O. The van der Waals surface area contributed by atoms with Crippen LogP contribution in [0.5, 0.6) is 5.75 Å². The molecule has 2 aromatic carbocycles. The molecule has 0 radical (unpaired) electrons. The third kappa shape index (κ3) is 3.52. The van der Waals surface area contributed by atoms with E-state index in [9.17, 15) is 0 Å². The van der Waals surface area contributed by atoms with Crippen LogP contribution in [0.4, 0.5) is 5.69 Å². The van der Waals surface area contributed by atoms with Crippen LogP contribution in [-0.2, 0) is 0 Å². The first-order valence-corrected chi connectivity index (χ1v) is 7.30. The van der Waals surface area contributed by atoms with Gasteiger partial charge in [0.25, 0.3) is 0 Å². The first-order chi connectivity index (χ1) is 9.63. The van der Waals surface area contributed by atoms with E-state index in [1.165, 1.54) is 5.56 Å². The second-order valence-corrected chi connectivity index (χ2v) is 5.54. The van der Waals surface area contributed by atoms with Gasteiger partial charge in [0.15, 0.2) is 0 Å². The Kier molecular flexibility index (Phi) is 5.04. The Labute approximate surface area is 128 Å². The van der Waals surface area contributed by atoms with Crippen molar-refractivity contribution in [1.82, 2.24) is 0 Å². The van der Waals surface area contributed by atoms with E-state index in [-0.39, 0.29) is 6.04 Å². The number of rotatable bonds is 5. The Bertz CT molecular complexity index is 586. The van der Waals surface area contributed by atoms with Crippen molar-refractivity contribution in [2.45, 2.75) is 13.0 Å². The summed E-state index contributed by atoms with van der Waals surface area (Å²) in [6.07, 6.45) is 0. The van der Waals surface area contributed by atoms with Crippen molar-refractivity contribution in [3.05, 3.63) is 58.1 Å². The second-order valence-electron chi connectivity index (χ2n) is 4.69. The van der Waals surface area contributed by atoms with Gasteiger partial charge in [0.1, 0.15) is 5.75 Å². The molecule has 0 aliphatic rings. The lowest BCUT2D eigenvalue weighted by molar-refractivity contribution is 0.414. The largest absolute Gasteiger partial charge is 0.497 e. The predicted octanol–water partition coefficient (Wildman–Crippen LogP) is 3.88. The molecule has 1 atom stereocenters.